The average Bonchev–Trinajstić information content (AvgIpc) is 2.37. The molecule has 0 radical (unpaired) electrons. The van der Waals surface area contributed by atoms with E-state index in [1.165, 1.54) is 25.7 Å². The summed E-state index contributed by atoms with van der Waals surface area (Å²) in [5.74, 6) is 0.258. The van der Waals surface area contributed by atoms with Crippen molar-refractivity contribution >= 4 is 10.0 Å². The van der Waals surface area contributed by atoms with E-state index in [0.29, 0.717) is 6.54 Å². The molecule has 0 aromatic carbocycles. The quantitative estimate of drug-likeness (QED) is 0.484. The average molecular weight is 292 g/mol. The van der Waals surface area contributed by atoms with Gasteiger partial charge in [-0.2, -0.15) is 0 Å². The Morgan fingerprint density at radius 2 is 1.42 bits per heavy atom. The van der Waals surface area contributed by atoms with Crippen molar-refractivity contribution in [1.29, 1.82) is 0 Å². The van der Waals surface area contributed by atoms with E-state index in [1.807, 2.05) is 0 Å². The van der Waals surface area contributed by atoms with E-state index >= 15 is 0 Å². The molecule has 0 fully saturated rings. The van der Waals surface area contributed by atoms with Crippen LogP contribution >= 0.6 is 0 Å². The monoisotopic (exact) mass is 292 g/mol. The van der Waals surface area contributed by atoms with Crippen LogP contribution in [0, 0.1) is 0 Å². The van der Waals surface area contributed by atoms with Crippen LogP contribution in [0.4, 0.5) is 0 Å². The van der Waals surface area contributed by atoms with E-state index in [-0.39, 0.29) is 5.75 Å². The normalized spacial score (nSPS) is 11.9. The van der Waals surface area contributed by atoms with Crippen LogP contribution in [-0.4, -0.2) is 33.8 Å². The zero-order valence-corrected chi connectivity index (χ0v) is 13.5. The zero-order valence-electron chi connectivity index (χ0n) is 12.7. The summed E-state index contributed by atoms with van der Waals surface area (Å²) >= 11 is 0. The molecular formula is C14H32N2O2S. The van der Waals surface area contributed by atoms with Gasteiger partial charge in [0.2, 0.25) is 10.0 Å². The van der Waals surface area contributed by atoms with Gasteiger partial charge in [0, 0.05) is 6.54 Å². The Hall–Kier alpha value is -0.130. The largest absolute Gasteiger partial charge is 0.317 e. The highest BCUT2D eigenvalue weighted by molar-refractivity contribution is 7.89. The number of hydrogen-bond donors (Lipinski definition) is 2. The molecule has 0 rings (SSSR count). The Kier molecular flexibility index (Phi) is 12.8. The fraction of sp³-hybridized carbons (Fsp3) is 1.00. The Morgan fingerprint density at radius 3 is 2.11 bits per heavy atom. The molecule has 4 nitrogen and oxygen atoms in total. The van der Waals surface area contributed by atoms with Crippen LogP contribution in [0.2, 0.25) is 0 Å². The Morgan fingerprint density at radius 1 is 0.789 bits per heavy atom. The van der Waals surface area contributed by atoms with E-state index in [0.717, 1.165) is 38.8 Å². The van der Waals surface area contributed by atoms with Crippen LogP contribution in [0.15, 0.2) is 0 Å². The second kappa shape index (κ2) is 12.9. The van der Waals surface area contributed by atoms with E-state index in [9.17, 15) is 8.42 Å². The summed E-state index contributed by atoms with van der Waals surface area (Å²) in [7, 11) is -3.04. The SMILES string of the molecule is CCCCCCCCNS(=O)(=O)CCCCNCC. The topological polar surface area (TPSA) is 58.2 Å². The minimum absolute atomic E-state index is 0.258. The highest BCUT2D eigenvalue weighted by Gasteiger charge is 2.08. The number of unbranched alkanes of at least 4 members (excludes halogenated alkanes) is 6. The molecule has 0 aliphatic heterocycles. The molecule has 0 saturated carbocycles. The van der Waals surface area contributed by atoms with Gasteiger partial charge in [0.1, 0.15) is 0 Å². The Bertz CT molecular complexity index is 279. The van der Waals surface area contributed by atoms with Crippen molar-refractivity contribution in [3.05, 3.63) is 0 Å². The van der Waals surface area contributed by atoms with E-state index in [2.05, 4.69) is 23.9 Å². The first kappa shape index (κ1) is 18.9. The number of hydrogen-bond acceptors (Lipinski definition) is 3. The summed E-state index contributed by atoms with van der Waals surface area (Å²) in [4.78, 5) is 0. The lowest BCUT2D eigenvalue weighted by molar-refractivity contribution is 0.562. The second-order valence-corrected chi connectivity index (χ2v) is 6.97. The van der Waals surface area contributed by atoms with Crippen LogP contribution in [0.25, 0.3) is 0 Å². The van der Waals surface area contributed by atoms with Crippen LogP contribution in [-0.2, 0) is 10.0 Å². The summed E-state index contributed by atoms with van der Waals surface area (Å²) in [6, 6.07) is 0. The van der Waals surface area contributed by atoms with Crippen LogP contribution < -0.4 is 10.0 Å². The van der Waals surface area contributed by atoms with Gasteiger partial charge in [0.15, 0.2) is 0 Å². The van der Waals surface area contributed by atoms with Crippen molar-refractivity contribution in [1.82, 2.24) is 10.0 Å². The Labute approximate surface area is 119 Å². The summed E-state index contributed by atoms with van der Waals surface area (Å²) in [5, 5.41) is 3.20. The molecule has 0 spiro atoms. The molecule has 0 unspecified atom stereocenters. The van der Waals surface area contributed by atoms with Gasteiger partial charge in [-0.25, -0.2) is 13.1 Å². The molecule has 0 atom stereocenters. The van der Waals surface area contributed by atoms with Gasteiger partial charge in [-0.15, -0.1) is 0 Å². The van der Waals surface area contributed by atoms with Crippen molar-refractivity contribution in [3.63, 3.8) is 0 Å². The van der Waals surface area contributed by atoms with Crippen molar-refractivity contribution in [2.24, 2.45) is 0 Å². The number of sulfonamides is 1. The molecule has 0 saturated heterocycles. The van der Waals surface area contributed by atoms with Crippen molar-refractivity contribution in [2.75, 3.05) is 25.4 Å². The third kappa shape index (κ3) is 14.1. The standard InChI is InChI=1S/C14H32N2O2S/c1-3-5-6-7-8-9-13-16-19(17,18)14-11-10-12-15-4-2/h15-16H,3-14H2,1-2H3. The fourth-order valence-electron chi connectivity index (χ4n) is 1.92. The molecule has 0 bridgehead atoms. The lowest BCUT2D eigenvalue weighted by atomic mass is 10.1. The van der Waals surface area contributed by atoms with E-state index in [4.69, 9.17) is 0 Å². The first-order chi connectivity index (χ1) is 9.12. The molecule has 0 amide bonds. The zero-order chi connectivity index (χ0) is 14.4. The maximum atomic E-state index is 11.7. The molecule has 0 aliphatic carbocycles. The second-order valence-electron chi connectivity index (χ2n) is 5.04. The third-order valence-corrected chi connectivity index (χ3v) is 4.59. The molecule has 2 N–H and O–H groups in total. The van der Waals surface area contributed by atoms with Crippen LogP contribution in [0.1, 0.15) is 65.2 Å². The van der Waals surface area contributed by atoms with Gasteiger partial charge in [-0.05, 0) is 32.4 Å². The lowest BCUT2D eigenvalue weighted by Crippen LogP contribution is -2.27. The predicted octanol–water partition coefficient (Wildman–Crippen LogP) is 2.66. The van der Waals surface area contributed by atoms with E-state index < -0.39 is 10.0 Å². The van der Waals surface area contributed by atoms with Gasteiger partial charge in [-0.3, -0.25) is 0 Å². The fourth-order valence-corrected chi connectivity index (χ4v) is 3.11. The summed E-state index contributed by atoms with van der Waals surface area (Å²) < 4.78 is 26.0. The molecule has 5 heteroatoms. The highest BCUT2D eigenvalue weighted by atomic mass is 32.2. The molecule has 116 valence electrons. The maximum Gasteiger partial charge on any atom is 0.211 e. The molecular weight excluding hydrogens is 260 g/mol. The van der Waals surface area contributed by atoms with E-state index in [1.54, 1.807) is 0 Å². The summed E-state index contributed by atoms with van der Waals surface area (Å²) in [6.07, 6.45) is 8.77. The van der Waals surface area contributed by atoms with Gasteiger partial charge < -0.3 is 5.32 Å². The molecule has 0 aromatic heterocycles. The molecule has 19 heavy (non-hydrogen) atoms. The van der Waals surface area contributed by atoms with Crippen LogP contribution in [0.5, 0.6) is 0 Å². The predicted molar refractivity (Wildman–Crippen MR) is 82.9 cm³/mol. The molecule has 0 aromatic rings. The summed E-state index contributed by atoms with van der Waals surface area (Å²) in [6.45, 7) is 6.71. The molecule has 0 aliphatic rings. The third-order valence-electron chi connectivity index (χ3n) is 3.12. The van der Waals surface area contributed by atoms with Crippen molar-refractivity contribution in [3.8, 4) is 0 Å². The highest BCUT2D eigenvalue weighted by Crippen LogP contribution is 2.04. The Balaban J connectivity index is 3.41. The van der Waals surface area contributed by atoms with Gasteiger partial charge in [0.05, 0.1) is 5.75 Å². The minimum atomic E-state index is -3.04. The minimum Gasteiger partial charge on any atom is -0.317 e. The first-order valence-electron chi connectivity index (χ1n) is 7.80. The first-order valence-corrected chi connectivity index (χ1v) is 9.45. The number of rotatable bonds is 14. The number of nitrogens with one attached hydrogen (secondary N) is 2. The smallest absolute Gasteiger partial charge is 0.211 e. The molecule has 0 heterocycles. The van der Waals surface area contributed by atoms with Gasteiger partial charge >= 0.3 is 0 Å². The van der Waals surface area contributed by atoms with Gasteiger partial charge in [0.25, 0.3) is 0 Å². The lowest BCUT2D eigenvalue weighted by Gasteiger charge is -2.07. The summed E-state index contributed by atoms with van der Waals surface area (Å²) in [5.41, 5.74) is 0. The van der Waals surface area contributed by atoms with Gasteiger partial charge in [-0.1, -0.05) is 46.0 Å². The maximum absolute atomic E-state index is 11.7. The van der Waals surface area contributed by atoms with Crippen molar-refractivity contribution < 1.29 is 8.42 Å². The van der Waals surface area contributed by atoms with Crippen molar-refractivity contribution in [2.45, 2.75) is 65.2 Å². The van der Waals surface area contributed by atoms with Crippen LogP contribution in [0.3, 0.4) is 0 Å².